The van der Waals surface area contributed by atoms with E-state index in [4.69, 9.17) is 14.4 Å². The lowest BCUT2D eigenvalue weighted by Gasteiger charge is -2.47. The van der Waals surface area contributed by atoms with Crippen LogP contribution in [0.4, 0.5) is 0 Å². The summed E-state index contributed by atoms with van der Waals surface area (Å²) >= 11 is 1.76. The molecule has 1 spiro atoms. The summed E-state index contributed by atoms with van der Waals surface area (Å²) in [4.78, 5) is 17.0. The number of hydrogen-bond donors (Lipinski definition) is 0. The topological polar surface area (TPSA) is 68.9 Å². The molecule has 2 atom stereocenters. The predicted molar refractivity (Wildman–Crippen MR) is 239 cm³/mol. The Morgan fingerprint density at radius 3 is 2.02 bits per heavy atom. The van der Waals surface area contributed by atoms with E-state index in [1.807, 2.05) is 91.1 Å². The fourth-order valence-electron chi connectivity index (χ4n) is 9.34. The Hall–Kier alpha value is -6.85. The van der Waals surface area contributed by atoms with Gasteiger partial charge in [-0.3, -0.25) is 4.98 Å². The molecule has 0 saturated carbocycles. The first-order chi connectivity index (χ1) is 29.1. The summed E-state index contributed by atoms with van der Waals surface area (Å²) in [7, 11) is -3.43. The van der Waals surface area contributed by atoms with E-state index in [0.29, 0.717) is 5.82 Å². The van der Waals surface area contributed by atoms with E-state index in [0.717, 1.165) is 98.0 Å². The van der Waals surface area contributed by atoms with Gasteiger partial charge < -0.3 is 8.98 Å². The Morgan fingerprint density at radius 1 is 0.492 bits per heavy atom. The number of hydrogen-bond acceptors (Lipinski definition) is 6. The average molecular weight is 794 g/mol. The lowest BCUT2D eigenvalue weighted by atomic mass is 9.64. The van der Waals surface area contributed by atoms with Gasteiger partial charge in [0.2, 0.25) is 0 Å². The van der Waals surface area contributed by atoms with Gasteiger partial charge >= 0.3 is 0 Å². The molecule has 0 fully saturated rings. The molecule has 0 bridgehead atoms. The van der Waals surface area contributed by atoms with Crippen molar-refractivity contribution in [3.8, 4) is 33.9 Å². The Bertz CT molecular complexity index is 3290. The lowest BCUT2D eigenvalue weighted by Crippen LogP contribution is -2.48. The zero-order chi connectivity index (χ0) is 39.1. The predicted octanol–water partition coefficient (Wildman–Crippen LogP) is 11.6. The highest BCUT2D eigenvalue weighted by atomic mass is 32.2. The van der Waals surface area contributed by atoms with Gasteiger partial charge in [-0.15, -0.1) is 0 Å². The van der Waals surface area contributed by atoms with E-state index < -0.39 is 12.6 Å². The van der Waals surface area contributed by atoms with E-state index in [-0.39, 0.29) is 0 Å². The molecule has 5 heterocycles. The molecule has 0 aliphatic carbocycles. The summed E-state index contributed by atoms with van der Waals surface area (Å²) in [6.07, 6.45) is 3.62. The summed E-state index contributed by atoms with van der Waals surface area (Å²) in [6, 6.07) is 62.5. The fraction of sp³-hybridized carbons (Fsp3) is 0.0192. The molecule has 7 heteroatoms. The zero-order valence-corrected chi connectivity index (χ0v) is 33.2. The molecule has 2 unspecified atom stereocenters. The van der Waals surface area contributed by atoms with Crippen molar-refractivity contribution in [1.29, 1.82) is 0 Å². The molecular formula is C52H32N3O2PS. The monoisotopic (exact) mass is 793 g/mol. The Balaban J connectivity index is 1.17. The number of benzene rings is 7. The van der Waals surface area contributed by atoms with Crippen LogP contribution in [0.1, 0.15) is 22.3 Å². The number of fused-ring (bicyclic) bond motifs is 11. The molecule has 0 saturated heterocycles. The van der Waals surface area contributed by atoms with Crippen molar-refractivity contribution in [2.45, 2.75) is 15.2 Å². The Labute approximate surface area is 344 Å². The molecule has 2 aliphatic heterocycles. The van der Waals surface area contributed by atoms with Crippen molar-refractivity contribution in [2.75, 3.05) is 0 Å². The van der Waals surface area contributed by atoms with Gasteiger partial charge in [-0.1, -0.05) is 145 Å². The maximum atomic E-state index is 16.5. The minimum atomic E-state index is -3.43. The third kappa shape index (κ3) is 5.00. The molecule has 0 N–H and O–H groups in total. The molecule has 3 aromatic heterocycles. The molecule has 5 nitrogen and oxygen atoms in total. The maximum absolute atomic E-state index is 16.5. The van der Waals surface area contributed by atoms with Crippen LogP contribution in [0, 0.1) is 0 Å². The van der Waals surface area contributed by atoms with Gasteiger partial charge in [0.05, 0.1) is 16.8 Å². The molecule has 278 valence electrons. The SMILES string of the molecule is O=P1(c2ccccc2)c2ccccc2C2(c3ccccc3Sc3cc(-c4nc(-c5ccccc5)cc(-c5cccnc5)n4)ccc32)c2cc3c(cc21)oc1ccccc13. The first-order valence-corrected chi connectivity index (χ1v) is 22.1. The number of aromatic nitrogens is 3. The summed E-state index contributed by atoms with van der Waals surface area (Å²) in [5.74, 6) is 0.631. The molecule has 7 aromatic carbocycles. The van der Waals surface area contributed by atoms with Crippen molar-refractivity contribution >= 4 is 56.8 Å². The number of pyridine rings is 1. The molecule has 59 heavy (non-hydrogen) atoms. The molecule has 10 aromatic rings. The van der Waals surface area contributed by atoms with Crippen LogP contribution in [-0.2, 0) is 9.98 Å². The van der Waals surface area contributed by atoms with E-state index in [2.05, 4.69) is 102 Å². The number of rotatable bonds is 4. The van der Waals surface area contributed by atoms with E-state index in [1.165, 1.54) is 0 Å². The van der Waals surface area contributed by atoms with Gasteiger partial charge in [-0.25, -0.2) is 9.97 Å². The van der Waals surface area contributed by atoms with E-state index in [9.17, 15) is 0 Å². The average Bonchev–Trinajstić information content (AvgIpc) is 3.68. The first kappa shape index (κ1) is 34.2. The highest BCUT2D eigenvalue weighted by Gasteiger charge is 2.54. The third-order valence-corrected chi connectivity index (χ3v) is 16.2. The van der Waals surface area contributed by atoms with Crippen LogP contribution in [0.5, 0.6) is 0 Å². The van der Waals surface area contributed by atoms with Crippen molar-refractivity contribution in [3.05, 3.63) is 217 Å². The van der Waals surface area contributed by atoms with Crippen LogP contribution >= 0.6 is 18.9 Å². The van der Waals surface area contributed by atoms with Crippen molar-refractivity contribution < 1.29 is 8.98 Å². The molecular weight excluding hydrogens is 762 g/mol. The van der Waals surface area contributed by atoms with Crippen LogP contribution in [0.2, 0.25) is 0 Å². The quantitative estimate of drug-likeness (QED) is 0.165. The van der Waals surface area contributed by atoms with Gasteiger partial charge in [-0.2, -0.15) is 0 Å². The summed E-state index contributed by atoms with van der Waals surface area (Å²) < 4.78 is 23.0. The molecule has 12 rings (SSSR count). The van der Waals surface area contributed by atoms with Gasteiger partial charge in [0.25, 0.3) is 0 Å². The highest BCUT2D eigenvalue weighted by Crippen LogP contribution is 2.62. The van der Waals surface area contributed by atoms with Crippen LogP contribution < -0.4 is 15.9 Å². The van der Waals surface area contributed by atoms with Crippen LogP contribution in [0.25, 0.3) is 55.8 Å². The van der Waals surface area contributed by atoms with Gasteiger partial charge in [0, 0.05) is 65.6 Å². The minimum absolute atomic E-state index is 0.631. The Kier molecular flexibility index (Phi) is 7.59. The second-order valence-electron chi connectivity index (χ2n) is 15.1. The normalized spacial score (nSPS) is 17.6. The first-order valence-electron chi connectivity index (χ1n) is 19.6. The van der Waals surface area contributed by atoms with E-state index in [1.54, 1.807) is 18.0 Å². The van der Waals surface area contributed by atoms with Gasteiger partial charge in [0.1, 0.15) is 11.2 Å². The molecule has 0 radical (unpaired) electrons. The molecule has 0 amide bonds. The maximum Gasteiger partial charge on any atom is 0.171 e. The second-order valence-corrected chi connectivity index (χ2v) is 18.8. The number of para-hydroxylation sites is 1. The van der Waals surface area contributed by atoms with Crippen LogP contribution in [0.3, 0.4) is 0 Å². The molecule has 2 aliphatic rings. The largest absolute Gasteiger partial charge is 0.456 e. The fourth-order valence-corrected chi connectivity index (χ4v) is 13.7. The second kappa shape index (κ2) is 13.1. The minimum Gasteiger partial charge on any atom is -0.456 e. The summed E-state index contributed by atoms with van der Waals surface area (Å²) in [6.45, 7) is 0. The van der Waals surface area contributed by atoms with Crippen molar-refractivity contribution in [1.82, 2.24) is 15.0 Å². The highest BCUT2D eigenvalue weighted by molar-refractivity contribution is 7.99. The third-order valence-electron chi connectivity index (χ3n) is 11.9. The van der Waals surface area contributed by atoms with E-state index >= 15 is 4.57 Å². The standard InChI is InChI=1S/C52H32N3O2PS/c56-58(36-17-5-2-6-18-36)47-23-11-8-20-39(47)52(42-29-38-37-19-7-10-22-45(37)57-46(38)31-48(42)58)40-21-9-12-24-49(40)59-50-28-34(25-26-41(50)52)51-54-43(33-14-3-1-4-15-33)30-44(55-51)35-16-13-27-53-32-35/h1-32H. The van der Waals surface area contributed by atoms with Gasteiger partial charge in [-0.05, 0) is 70.8 Å². The summed E-state index contributed by atoms with van der Waals surface area (Å²) in [5, 5.41) is 4.47. The Morgan fingerprint density at radius 2 is 1.19 bits per heavy atom. The number of nitrogens with zero attached hydrogens (tertiary/aromatic N) is 3. The van der Waals surface area contributed by atoms with Crippen molar-refractivity contribution in [3.63, 3.8) is 0 Å². The zero-order valence-electron chi connectivity index (χ0n) is 31.5. The van der Waals surface area contributed by atoms with Gasteiger partial charge in [0.15, 0.2) is 13.0 Å². The lowest BCUT2D eigenvalue weighted by molar-refractivity contribution is 0.589. The number of furan rings is 1. The van der Waals surface area contributed by atoms with Crippen LogP contribution in [0.15, 0.2) is 209 Å². The van der Waals surface area contributed by atoms with Crippen LogP contribution in [-0.4, -0.2) is 15.0 Å². The summed E-state index contributed by atoms with van der Waals surface area (Å²) in [5.41, 5.74) is 9.51. The smallest absolute Gasteiger partial charge is 0.171 e. The van der Waals surface area contributed by atoms with Crippen molar-refractivity contribution in [2.24, 2.45) is 0 Å².